The van der Waals surface area contributed by atoms with Gasteiger partial charge < -0.3 is 5.32 Å². The van der Waals surface area contributed by atoms with E-state index in [9.17, 15) is 4.79 Å². The first-order valence-corrected chi connectivity index (χ1v) is 4.95. The summed E-state index contributed by atoms with van der Waals surface area (Å²) in [4.78, 5) is 10.7. The topological polar surface area (TPSA) is 29.1 Å². The average Bonchev–Trinajstić information content (AvgIpc) is 2.16. The van der Waals surface area contributed by atoms with Crippen LogP contribution in [0.2, 0.25) is 0 Å². The van der Waals surface area contributed by atoms with Crippen molar-refractivity contribution in [2.24, 2.45) is 0 Å². The smallest absolute Gasteiger partial charge is 0.150 e. The van der Waals surface area contributed by atoms with Gasteiger partial charge in [-0.05, 0) is 37.7 Å². The molecule has 0 unspecified atom stereocenters. The van der Waals surface area contributed by atoms with Crippen LogP contribution >= 0.6 is 15.9 Å². The van der Waals surface area contributed by atoms with Gasteiger partial charge in [0.15, 0.2) is 0 Å². The number of carbonyl (C=O) groups is 1. The van der Waals surface area contributed by atoms with Crippen LogP contribution in [0, 0.1) is 0 Å². The highest BCUT2D eigenvalue weighted by atomic mass is 79.9. The molecule has 0 bridgehead atoms. The predicted molar refractivity (Wildman–Crippen MR) is 57.2 cm³/mol. The molecule has 0 fully saturated rings. The third-order valence-electron chi connectivity index (χ3n) is 1.88. The SMILES string of the molecule is CNCCc1ccc(Br)cc1C=O. The van der Waals surface area contributed by atoms with Crippen molar-refractivity contribution in [1.82, 2.24) is 5.32 Å². The van der Waals surface area contributed by atoms with Gasteiger partial charge in [0.1, 0.15) is 6.29 Å². The van der Waals surface area contributed by atoms with E-state index in [0.717, 1.165) is 34.9 Å². The summed E-state index contributed by atoms with van der Waals surface area (Å²) >= 11 is 3.33. The number of likely N-dealkylation sites (N-methyl/N-ethyl adjacent to an activating group) is 1. The van der Waals surface area contributed by atoms with Crippen LogP contribution in [0.1, 0.15) is 15.9 Å². The monoisotopic (exact) mass is 241 g/mol. The van der Waals surface area contributed by atoms with E-state index in [0.29, 0.717) is 0 Å². The molecule has 1 aromatic rings. The molecule has 0 aliphatic heterocycles. The van der Waals surface area contributed by atoms with Gasteiger partial charge in [-0.2, -0.15) is 0 Å². The summed E-state index contributed by atoms with van der Waals surface area (Å²) in [5.74, 6) is 0. The second-order valence-electron chi connectivity index (χ2n) is 2.81. The highest BCUT2D eigenvalue weighted by molar-refractivity contribution is 9.10. The molecule has 0 amide bonds. The van der Waals surface area contributed by atoms with Crippen LogP contribution in [-0.4, -0.2) is 19.9 Å². The number of hydrogen-bond donors (Lipinski definition) is 1. The van der Waals surface area contributed by atoms with E-state index in [-0.39, 0.29) is 0 Å². The number of halogens is 1. The molecule has 1 aromatic carbocycles. The Hall–Kier alpha value is -0.670. The van der Waals surface area contributed by atoms with Crippen molar-refractivity contribution in [1.29, 1.82) is 0 Å². The second-order valence-corrected chi connectivity index (χ2v) is 3.73. The number of aldehydes is 1. The highest BCUT2D eigenvalue weighted by Gasteiger charge is 2.01. The van der Waals surface area contributed by atoms with Crippen molar-refractivity contribution in [2.45, 2.75) is 6.42 Å². The number of benzene rings is 1. The molecule has 0 saturated heterocycles. The van der Waals surface area contributed by atoms with Crippen molar-refractivity contribution in [3.8, 4) is 0 Å². The molecule has 1 rings (SSSR count). The van der Waals surface area contributed by atoms with Gasteiger partial charge in [0.25, 0.3) is 0 Å². The molecule has 0 atom stereocenters. The van der Waals surface area contributed by atoms with Crippen molar-refractivity contribution >= 4 is 22.2 Å². The standard InChI is InChI=1S/C10H12BrNO/c1-12-5-4-8-2-3-10(11)6-9(8)7-13/h2-3,6-7,12H,4-5H2,1H3. The van der Waals surface area contributed by atoms with Crippen molar-refractivity contribution < 1.29 is 4.79 Å². The lowest BCUT2D eigenvalue weighted by Gasteiger charge is -2.04. The summed E-state index contributed by atoms with van der Waals surface area (Å²) in [6, 6.07) is 5.78. The largest absolute Gasteiger partial charge is 0.319 e. The van der Waals surface area contributed by atoms with Crippen molar-refractivity contribution in [2.75, 3.05) is 13.6 Å². The molecule has 70 valence electrons. The van der Waals surface area contributed by atoms with E-state index in [2.05, 4.69) is 21.2 Å². The Balaban J connectivity index is 2.86. The van der Waals surface area contributed by atoms with Gasteiger partial charge in [0.2, 0.25) is 0 Å². The number of nitrogens with one attached hydrogen (secondary N) is 1. The Kier molecular flexibility index (Phi) is 4.12. The molecule has 0 saturated carbocycles. The lowest BCUT2D eigenvalue weighted by molar-refractivity contribution is 0.112. The van der Waals surface area contributed by atoms with Crippen LogP contribution in [0.3, 0.4) is 0 Å². The molecule has 0 aliphatic rings. The van der Waals surface area contributed by atoms with Crippen LogP contribution in [0.15, 0.2) is 22.7 Å². The van der Waals surface area contributed by atoms with Gasteiger partial charge >= 0.3 is 0 Å². The first-order chi connectivity index (χ1) is 6.27. The van der Waals surface area contributed by atoms with Crippen LogP contribution in [0.5, 0.6) is 0 Å². The van der Waals surface area contributed by atoms with E-state index in [1.807, 2.05) is 25.2 Å². The Morgan fingerprint density at radius 1 is 1.54 bits per heavy atom. The van der Waals surface area contributed by atoms with Gasteiger partial charge in [0, 0.05) is 10.0 Å². The Morgan fingerprint density at radius 2 is 2.31 bits per heavy atom. The minimum atomic E-state index is 0.768. The van der Waals surface area contributed by atoms with Crippen molar-refractivity contribution in [3.63, 3.8) is 0 Å². The normalized spacial score (nSPS) is 10.0. The molecule has 0 aromatic heterocycles. The summed E-state index contributed by atoms with van der Waals surface area (Å²) in [7, 11) is 1.90. The zero-order valence-corrected chi connectivity index (χ0v) is 9.10. The third-order valence-corrected chi connectivity index (χ3v) is 2.37. The van der Waals surface area contributed by atoms with Gasteiger partial charge in [-0.1, -0.05) is 22.0 Å². The number of rotatable bonds is 4. The zero-order valence-electron chi connectivity index (χ0n) is 7.51. The zero-order chi connectivity index (χ0) is 9.68. The average molecular weight is 242 g/mol. The van der Waals surface area contributed by atoms with Gasteiger partial charge in [-0.15, -0.1) is 0 Å². The molecule has 3 heteroatoms. The fourth-order valence-electron chi connectivity index (χ4n) is 1.16. The predicted octanol–water partition coefficient (Wildman–Crippen LogP) is 2.02. The lowest BCUT2D eigenvalue weighted by atomic mass is 10.1. The molecule has 13 heavy (non-hydrogen) atoms. The quantitative estimate of drug-likeness (QED) is 0.818. The molecule has 0 aliphatic carbocycles. The van der Waals surface area contributed by atoms with Crippen LogP contribution in [0.25, 0.3) is 0 Å². The number of hydrogen-bond acceptors (Lipinski definition) is 2. The summed E-state index contributed by atoms with van der Waals surface area (Å²) in [5, 5.41) is 3.05. The molecule has 0 heterocycles. The van der Waals surface area contributed by atoms with E-state index in [4.69, 9.17) is 0 Å². The van der Waals surface area contributed by atoms with E-state index >= 15 is 0 Å². The molecule has 0 spiro atoms. The molecule has 1 N–H and O–H groups in total. The summed E-state index contributed by atoms with van der Waals surface area (Å²) in [5.41, 5.74) is 1.86. The maximum Gasteiger partial charge on any atom is 0.150 e. The van der Waals surface area contributed by atoms with E-state index in [1.54, 1.807) is 0 Å². The third kappa shape index (κ3) is 2.94. The van der Waals surface area contributed by atoms with Crippen LogP contribution in [-0.2, 0) is 6.42 Å². The summed E-state index contributed by atoms with van der Waals surface area (Å²) < 4.78 is 0.947. The Labute approximate surface area is 86.5 Å². The molecular weight excluding hydrogens is 230 g/mol. The molecule has 2 nitrogen and oxygen atoms in total. The van der Waals surface area contributed by atoms with Crippen LogP contribution < -0.4 is 5.32 Å². The van der Waals surface area contributed by atoms with Gasteiger partial charge in [0.05, 0.1) is 0 Å². The Morgan fingerprint density at radius 3 is 2.92 bits per heavy atom. The van der Waals surface area contributed by atoms with E-state index < -0.39 is 0 Å². The molecule has 0 radical (unpaired) electrons. The van der Waals surface area contributed by atoms with E-state index in [1.165, 1.54) is 0 Å². The Bertz CT molecular complexity index is 299. The number of carbonyl (C=O) groups excluding carboxylic acids is 1. The minimum absolute atomic E-state index is 0.768. The van der Waals surface area contributed by atoms with Gasteiger partial charge in [-0.25, -0.2) is 0 Å². The fourth-order valence-corrected chi connectivity index (χ4v) is 1.54. The molecular formula is C10H12BrNO. The first-order valence-electron chi connectivity index (χ1n) is 4.16. The minimum Gasteiger partial charge on any atom is -0.319 e. The second kappa shape index (κ2) is 5.14. The highest BCUT2D eigenvalue weighted by Crippen LogP contribution is 2.15. The maximum absolute atomic E-state index is 10.7. The maximum atomic E-state index is 10.7. The summed E-state index contributed by atoms with van der Waals surface area (Å²) in [6.45, 7) is 0.891. The lowest BCUT2D eigenvalue weighted by Crippen LogP contribution is -2.11. The van der Waals surface area contributed by atoms with Gasteiger partial charge in [-0.3, -0.25) is 4.79 Å². The summed E-state index contributed by atoms with van der Waals surface area (Å²) in [6.07, 6.45) is 1.79. The van der Waals surface area contributed by atoms with Crippen LogP contribution in [0.4, 0.5) is 0 Å². The fraction of sp³-hybridized carbons (Fsp3) is 0.300. The first kappa shape index (κ1) is 10.4. The van der Waals surface area contributed by atoms with Crippen molar-refractivity contribution in [3.05, 3.63) is 33.8 Å².